The summed E-state index contributed by atoms with van der Waals surface area (Å²) in [6.45, 7) is 1.34. The number of carbonyl (C=O) groups is 1. The van der Waals surface area contributed by atoms with Crippen molar-refractivity contribution in [1.29, 1.82) is 0 Å². The van der Waals surface area contributed by atoms with Gasteiger partial charge in [0.05, 0.1) is 23.7 Å². The number of ether oxygens (including phenoxy) is 1. The normalized spacial score (nSPS) is 15.3. The first kappa shape index (κ1) is 19.4. The van der Waals surface area contributed by atoms with Crippen LogP contribution in [0.15, 0.2) is 65.6 Å². The fourth-order valence-corrected chi connectivity index (χ4v) is 4.71. The second-order valence-corrected chi connectivity index (χ2v) is 8.65. The van der Waals surface area contributed by atoms with E-state index in [9.17, 15) is 18.3 Å². The molecule has 7 nitrogen and oxygen atoms in total. The highest BCUT2D eigenvalue weighted by atomic mass is 32.2. The van der Waals surface area contributed by atoms with E-state index in [1.165, 1.54) is 28.6 Å². The Morgan fingerprint density at radius 2 is 1.69 bits per heavy atom. The van der Waals surface area contributed by atoms with Crippen molar-refractivity contribution < 1.29 is 23.1 Å². The lowest BCUT2D eigenvalue weighted by atomic mass is 10.1. The molecule has 1 aliphatic rings. The minimum absolute atomic E-state index is 0.0715. The first-order valence-electron chi connectivity index (χ1n) is 9.16. The van der Waals surface area contributed by atoms with E-state index in [2.05, 4.69) is 5.32 Å². The first-order chi connectivity index (χ1) is 13.9. The molecule has 0 spiro atoms. The van der Waals surface area contributed by atoms with Crippen molar-refractivity contribution in [1.82, 2.24) is 4.31 Å². The molecule has 0 atom stereocenters. The van der Waals surface area contributed by atoms with Crippen molar-refractivity contribution in [3.8, 4) is 5.75 Å². The van der Waals surface area contributed by atoms with Gasteiger partial charge in [0.25, 0.3) is 5.91 Å². The molecule has 1 heterocycles. The quantitative estimate of drug-likeness (QED) is 0.687. The van der Waals surface area contributed by atoms with Gasteiger partial charge in [-0.15, -0.1) is 0 Å². The summed E-state index contributed by atoms with van der Waals surface area (Å²) < 4.78 is 32.4. The van der Waals surface area contributed by atoms with Gasteiger partial charge >= 0.3 is 0 Å². The summed E-state index contributed by atoms with van der Waals surface area (Å²) in [4.78, 5) is 12.7. The largest absolute Gasteiger partial charge is 0.507 e. The first-order valence-corrected chi connectivity index (χ1v) is 10.6. The molecule has 29 heavy (non-hydrogen) atoms. The molecule has 0 bridgehead atoms. The van der Waals surface area contributed by atoms with Gasteiger partial charge in [-0.3, -0.25) is 4.79 Å². The fraction of sp³-hybridized carbons (Fsp3) is 0.190. The fourth-order valence-electron chi connectivity index (χ4n) is 3.26. The van der Waals surface area contributed by atoms with E-state index < -0.39 is 15.9 Å². The molecule has 0 aliphatic carbocycles. The number of anilines is 1. The summed E-state index contributed by atoms with van der Waals surface area (Å²) in [6.07, 6.45) is 0. The Kier molecular flexibility index (Phi) is 5.23. The molecule has 0 aromatic heterocycles. The number of nitrogens with zero attached hydrogens (tertiary/aromatic N) is 1. The minimum Gasteiger partial charge on any atom is -0.507 e. The van der Waals surface area contributed by atoms with Gasteiger partial charge in [0.2, 0.25) is 10.0 Å². The third-order valence-corrected chi connectivity index (χ3v) is 6.71. The number of phenolic OH excluding ortho intramolecular Hbond substituents is 1. The Bertz CT molecular complexity index is 1160. The molecule has 1 fully saturated rings. The highest BCUT2D eigenvalue weighted by molar-refractivity contribution is 7.89. The van der Waals surface area contributed by atoms with Crippen molar-refractivity contribution in [2.45, 2.75) is 4.90 Å². The van der Waals surface area contributed by atoms with Gasteiger partial charge < -0.3 is 15.2 Å². The molecule has 3 aromatic carbocycles. The van der Waals surface area contributed by atoms with E-state index in [0.717, 1.165) is 0 Å². The maximum absolute atomic E-state index is 12.9. The highest BCUT2D eigenvalue weighted by Crippen LogP contribution is 2.29. The topological polar surface area (TPSA) is 95.9 Å². The number of benzene rings is 3. The Hall–Kier alpha value is -2.94. The lowest BCUT2D eigenvalue weighted by Crippen LogP contribution is -2.40. The van der Waals surface area contributed by atoms with Crippen LogP contribution in [0.5, 0.6) is 5.75 Å². The highest BCUT2D eigenvalue weighted by Gasteiger charge is 2.26. The number of phenols is 1. The third kappa shape index (κ3) is 3.95. The second kappa shape index (κ2) is 7.82. The summed E-state index contributed by atoms with van der Waals surface area (Å²) in [6, 6.07) is 16.5. The van der Waals surface area contributed by atoms with Crippen LogP contribution in [-0.4, -0.2) is 50.0 Å². The molecule has 0 radical (unpaired) electrons. The van der Waals surface area contributed by atoms with Gasteiger partial charge in [0.15, 0.2) is 0 Å². The van der Waals surface area contributed by atoms with Crippen LogP contribution >= 0.6 is 0 Å². The van der Waals surface area contributed by atoms with Gasteiger partial charge in [0, 0.05) is 18.8 Å². The molecule has 2 N–H and O–H groups in total. The second-order valence-electron chi connectivity index (χ2n) is 6.71. The molecule has 1 amide bonds. The standard InChI is InChI=1S/C21H20N2O5S/c24-20-14-15-6-7-18(29(26,27)23-8-10-28-11-9-23)12-16(15)13-19(20)21(25)22-17-4-2-1-3-5-17/h1-7,12-14,24H,8-11H2,(H,22,25). The van der Waals surface area contributed by atoms with Gasteiger partial charge in [-0.2, -0.15) is 4.31 Å². The van der Waals surface area contributed by atoms with Crippen LogP contribution in [-0.2, 0) is 14.8 Å². The van der Waals surface area contributed by atoms with Gasteiger partial charge in [-0.25, -0.2) is 8.42 Å². The van der Waals surface area contributed by atoms with Crippen molar-refractivity contribution in [3.05, 3.63) is 66.2 Å². The van der Waals surface area contributed by atoms with E-state index in [4.69, 9.17) is 4.74 Å². The number of hydrogen-bond donors (Lipinski definition) is 2. The van der Waals surface area contributed by atoms with E-state index in [-0.39, 0.29) is 16.2 Å². The minimum atomic E-state index is -3.65. The average molecular weight is 412 g/mol. The number of nitrogens with one attached hydrogen (secondary N) is 1. The Morgan fingerprint density at radius 3 is 2.41 bits per heavy atom. The number of sulfonamides is 1. The summed E-state index contributed by atoms with van der Waals surface area (Å²) in [5, 5.41) is 14.2. The number of aromatic hydroxyl groups is 1. The van der Waals surface area contributed by atoms with Crippen LogP contribution in [0, 0.1) is 0 Å². The number of fused-ring (bicyclic) bond motifs is 1. The summed E-state index contributed by atoms with van der Waals surface area (Å²) in [5.41, 5.74) is 0.669. The molecule has 8 heteroatoms. The molecule has 1 saturated heterocycles. The third-order valence-electron chi connectivity index (χ3n) is 4.81. The summed E-state index contributed by atoms with van der Waals surface area (Å²) >= 11 is 0. The van der Waals surface area contributed by atoms with Gasteiger partial charge in [-0.05, 0) is 47.2 Å². The van der Waals surface area contributed by atoms with Crippen LogP contribution < -0.4 is 5.32 Å². The number of carbonyl (C=O) groups excluding carboxylic acids is 1. The maximum atomic E-state index is 12.9. The zero-order chi connectivity index (χ0) is 20.4. The number of hydrogen-bond acceptors (Lipinski definition) is 5. The monoisotopic (exact) mass is 412 g/mol. The van der Waals surface area contributed by atoms with Crippen LogP contribution in [0.2, 0.25) is 0 Å². The van der Waals surface area contributed by atoms with Crippen molar-refractivity contribution in [2.24, 2.45) is 0 Å². The Labute approximate surface area is 168 Å². The van der Waals surface area contributed by atoms with E-state index in [0.29, 0.717) is 42.8 Å². The van der Waals surface area contributed by atoms with Crippen molar-refractivity contribution >= 4 is 32.4 Å². The zero-order valence-corrected chi connectivity index (χ0v) is 16.4. The van der Waals surface area contributed by atoms with Crippen LogP contribution in [0.4, 0.5) is 5.69 Å². The number of para-hydroxylation sites is 1. The van der Waals surface area contributed by atoms with Crippen LogP contribution in [0.3, 0.4) is 0 Å². The Balaban J connectivity index is 1.69. The summed E-state index contributed by atoms with van der Waals surface area (Å²) in [7, 11) is -3.65. The van der Waals surface area contributed by atoms with Gasteiger partial charge in [0.1, 0.15) is 5.75 Å². The molecule has 4 rings (SSSR count). The molecular formula is C21H20N2O5S. The number of morpholine rings is 1. The lowest BCUT2D eigenvalue weighted by molar-refractivity contribution is 0.0730. The van der Waals surface area contributed by atoms with E-state index >= 15 is 0 Å². The predicted molar refractivity (Wildman–Crippen MR) is 110 cm³/mol. The lowest BCUT2D eigenvalue weighted by Gasteiger charge is -2.26. The molecule has 0 saturated carbocycles. The number of rotatable bonds is 4. The van der Waals surface area contributed by atoms with Crippen LogP contribution in [0.25, 0.3) is 10.8 Å². The molecule has 150 valence electrons. The zero-order valence-electron chi connectivity index (χ0n) is 15.5. The average Bonchev–Trinajstić information content (AvgIpc) is 2.74. The van der Waals surface area contributed by atoms with E-state index in [1.54, 1.807) is 30.3 Å². The van der Waals surface area contributed by atoms with Crippen LogP contribution in [0.1, 0.15) is 10.4 Å². The van der Waals surface area contributed by atoms with E-state index in [1.807, 2.05) is 6.07 Å². The van der Waals surface area contributed by atoms with Crippen molar-refractivity contribution in [3.63, 3.8) is 0 Å². The Morgan fingerprint density at radius 1 is 0.966 bits per heavy atom. The number of amides is 1. The smallest absolute Gasteiger partial charge is 0.259 e. The predicted octanol–water partition coefficient (Wildman–Crippen LogP) is 2.82. The van der Waals surface area contributed by atoms with Crippen molar-refractivity contribution in [2.75, 3.05) is 31.6 Å². The molecule has 1 aliphatic heterocycles. The molecule has 0 unspecified atom stereocenters. The SMILES string of the molecule is O=C(Nc1ccccc1)c1cc2cc(S(=O)(=O)N3CCOCC3)ccc2cc1O. The molecular weight excluding hydrogens is 392 g/mol. The molecule has 3 aromatic rings. The van der Waals surface area contributed by atoms with Gasteiger partial charge in [-0.1, -0.05) is 24.3 Å². The maximum Gasteiger partial charge on any atom is 0.259 e. The summed E-state index contributed by atoms with van der Waals surface area (Å²) in [5.74, 6) is -0.647.